The van der Waals surface area contributed by atoms with Crippen molar-refractivity contribution in [3.63, 3.8) is 0 Å². The summed E-state index contributed by atoms with van der Waals surface area (Å²) in [5.74, 6) is 0.323. The third-order valence-electron chi connectivity index (χ3n) is 3.08. The normalized spacial score (nSPS) is 26.1. The molecule has 1 aromatic rings. The molecule has 94 valence electrons. The summed E-state index contributed by atoms with van der Waals surface area (Å²) >= 11 is 5.81. The standard InChI is InChI=1S/C13H17ClFNO/c1-10-9-17-13(6-14)8-16(10)7-11-3-2-4-12(15)5-11/h2-5,10,13H,6-9H2,1H3. The van der Waals surface area contributed by atoms with Crippen LogP contribution in [-0.2, 0) is 11.3 Å². The second-order valence-corrected chi connectivity index (χ2v) is 4.83. The first-order valence-corrected chi connectivity index (χ1v) is 6.38. The predicted octanol–water partition coefficient (Wildman–Crippen LogP) is 2.65. The van der Waals surface area contributed by atoms with E-state index in [9.17, 15) is 4.39 Å². The van der Waals surface area contributed by atoms with Gasteiger partial charge >= 0.3 is 0 Å². The van der Waals surface area contributed by atoms with Gasteiger partial charge in [-0.25, -0.2) is 4.39 Å². The molecule has 1 aliphatic rings. The summed E-state index contributed by atoms with van der Waals surface area (Å²) < 4.78 is 18.7. The second-order valence-electron chi connectivity index (χ2n) is 4.52. The van der Waals surface area contributed by atoms with Crippen LogP contribution < -0.4 is 0 Å². The highest BCUT2D eigenvalue weighted by Crippen LogP contribution is 2.16. The van der Waals surface area contributed by atoms with Crippen LogP contribution in [0.25, 0.3) is 0 Å². The molecule has 2 atom stereocenters. The van der Waals surface area contributed by atoms with Crippen LogP contribution in [0.2, 0.25) is 0 Å². The van der Waals surface area contributed by atoms with Gasteiger partial charge < -0.3 is 4.74 Å². The van der Waals surface area contributed by atoms with Gasteiger partial charge in [-0.05, 0) is 24.6 Å². The van der Waals surface area contributed by atoms with Crippen molar-refractivity contribution in [2.75, 3.05) is 19.0 Å². The van der Waals surface area contributed by atoms with Gasteiger partial charge in [0.1, 0.15) is 5.82 Å². The minimum atomic E-state index is -0.183. The molecule has 1 heterocycles. The number of nitrogens with zero attached hydrogens (tertiary/aromatic N) is 1. The van der Waals surface area contributed by atoms with E-state index in [4.69, 9.17) is 16.3 Å². The zero-order valence-electron chi connectivity index (χ0n) is 9.90. The zero-order valence-corrected chi connectivity index (χ0v) is 10.7. The minimum absolute atomic E-state index is 0.0847. The summed E-state index contributed by atoms with van der Waals surface area (Å²) in [5, 5.41) is 0. The minimum Gasteiger partial charge on any atom is -0.374 e. The van der Waals surface area contributed by atoms with E-state index in [0.29, 0.717) is 18.5 Å². The molecule has 0 saturated carbocycles. The van der Waals surface area contributed by atoms with Crippen LogP contribution in [-0.4, -0.2) is 36.1 Å². The van der Waals surface area contributed by atoms with E-state index in [1.165, 1.54) is 6.07 Å². The fraction of sp³-hybridized carbons (Fsp3) is 0.538. The van der Waals surface area contributed by atoms with E-state index in [1.807, 2.05) is 6.07 Å². The number of hydrogen-bond acceptors (Lipinski definition) is 2. The highest BCUT2D eigenvalue weighted by molar-refractivity contribution is 6.18. The molecular weight excluding hydrogens is 241 g/mol. The van der Waals surface area contributed by atoms with Gasteiger partial charge in [0, 0.05) is 25.0 Å². The van der Waals surface area contributed by atoms with Crippen molar-refractivity contribution in [3.8, 4) is 0 Å². The highest BCUT2D eigenvalue weighted by atomic mass is 35.5. The molecule has 0 amide bonds. The summed E-state index contributed by atoms with van der Waals surface area (Å²) in [7, 11) is 0. The number of halogens is 2. The zero-order chi connectivity index (χ0) is 12.3. The first kappa shape index (κ1) is 12.8. The Morgan fingerprint density at radius 3 is 3.06 bits per heavy atom. The molecule has 0 spiro atoms. The van der Waals surface area contributed by atoms with Gasteiger partial charge in [-0.3, -0.25) is 4.90 Å². The Kier molecular flexibility index (Phi) is 4.37. The van der Waals surface area contributed by atoms with Crippen LogP contribution in [0.15, 0.2) is 24.3 Å². The molecule has 1 saturated heterocycles. The van der Waals surface area contributed by atoms with Crippen molar-refractivity contribution < 1.29 is 9.13 Å². The number of hydrogen-bond donors (Lipinski definition) is 0. The Bertz CT molecular complexity index is 374. The molecule has 0 aromatic heterocycles. The van der Waals surface area contributed by atoms with Gasteiger partial charge in [-0.1, -0.05) is 12.1 Å². The quantitative estimate of drug-likeness (QED) is 0.772. The van der Waals surface area contributed by atoms with E-state index < -0.39 is 0 Å². The van der Waals surface area contributed by atoms with Crippen LogP contribution in [0.3, 0.4) is 0 Å². The molecule has 2 unspecified atom stereocenters. The van der Waals surface area contributed by atoms with Crippen molar-refractivity contribution >= 4 is 11.6 Å². The Labute approximate surface area is 106 Å². The molecular formula is C13H17ClFNO. The van der Waals surface area contributed by atoms with Crippen LogP contribution in [0.1, 0.15) is 12.5 Å². The summed E-state index contributed by atoms with van der Waals surface area (Å²) in [6.07, 6.45) is 0.0847. The van der Waals surface area contributed by atoms with Crippen LogP contribution in [0.4, 0.5) is 4.39 Å². The average molecular weight is 258 g/mol. The van der Waals surface area contributed by atoms with E-state index in [1.54, 1.807) is 12.1 Å². The van der Waals surface area contributed by atoms with Gasteiger partial charge in [0.25, 0.3) is 0 Å². The van der Waals surface area contributed by atoms with Crippen molar-refractivity contribution in [1.29, 1.82) is 0 Å². The molecule has 0 aliphatic carbocycles. The third-order valence-corrected chi connectivity index (χ3v) is 3.43. The lowest BCUT2D eigenvalue weighted by Gasteiger charge is -2.37. The Balaban J connectivity index is 2.01. The van der Waals surface area contributed by atoms with Crippen molar-refractivity contribution in [2.24, 2.45) is 0 Å². The largest absolute Gasteiger partial charge is 0.374 e. The molecule has 2 rings (SSSR count). The topological polar surface area (TPSA) is 12.5 Å². The summed E-state index contributed by atoms with van der Waals surface area (Å²) in [5.41, 5.74) is 0.993. The summed E-state index contributed by atoms with van der Waals surface area (Å²) in [6.45, 7) is 4.35. The first-order valence-electron chi connectivity index (χ1n) is 5.85. The highest BCUT2D eigenvalue weighted by Gasteiger charge is 2.25. The Morgan fingerprint density at radius 2 is 2.35 bits per heavy atom. The monoisotopic (exact) mass is 257 g/mol. The van der Waals surface area contributed by atoms with Crippen molar-refractivity contribution in [2.45, 2.75) is 25.6 Å². The molecule has 17 heavy (non-hydrogen) atoms. The van der Waals surface area contributed by atoms with E-state index in [-0.39, 0.29) is 11.9 Å². The Morgan fingerprint density at radius 1 is 1.53 bits per heavy atom. The average Bonchev–Trinajstić information content (AvgIpc) is 2.32. The molecule has 4 heteroatoms. The summed E-state index contributed by atoms with van der Waals surface area (Å²) in [6, 6.07) is 7.08. The van der Waals surface area contributed by atoms with Gasteiger partial charge in [0.15, 0.2) is 0 Å². The van der Waals surface area contributed by atoms with Crippen molar-refractivity contribution in [3.05, 3.63) is 35.6 Å². The third kappa shape index (κ3) is 3.41. The lowest BCUT2D eigenvalue weighted by atomic mass is 10.1. The molecule has 1 fully saturated rings. The summed E-state index contributed by atoms with van der Waals surface area (Å²) in [4.78, 5) is 2.28. The van der Waals surface area contributed by atoms with Gasteiger partial charge in [0.05, 0.1) is 12.7 Å². The molecule has 2 nitrogen and oxygen atoms in total. The first-order chi connectivity index (χ1) is 8.19. The number of rotatable bonds is 3. The fourth-order valence-electron chi connectivity index (χ4n) is 2.06. The molecule has 0 N–H and O–H groups in total. The van der Waals surface area contributed by atoms with E-state index in [0.717, 1.165) is 18.7 Å². The van der Waals surface area contributed by atoms with Gasteiger partial charge in [-0.15, -0.1) is 11.6 Å². The maximum Gasteiger partial charge on any atom is 0.123 e. The van der Waals surface area contributed by atoms with Gasteiger partial charge in [-0.2, -0.15) is 0 Å². The van der Waals surface area contributed by atoms with Crippen LogP contribution >= 0.6 is 11.6 Å². The molecule has 1 aliphatic heterocycles. The number of benzene rings is 1. The predicted molar refractivity (Wildman–Crippen MR) is 66.7 cm³/mol. The lowest BCUT2D eigenvalue weighted by molar-refractivity contribution is -0.0510. The smallest absolute Gasteiger partial charge is 0.123 e. The number of alkyl halides is 1. The molecule has 1 aromatic carbocycles. The second kappa shape index (κ2) is 5.80. The molecule has 0 radical (unpaired) electrons. The maximum absolute atomic E-state index is 13.1. The number of ether oxygens (including phenoxy) is 1. The van der Waals surface area contributed by atoms with Crippen molar-refractivity contribution in [1.82, 2.24) is 4.90 Å². The van der Waals surface area contributed by atoms with Gasteiger partial charge in [0.2, 0.25) is 0 Å². The Hall–Kier alpha value is -0.640. The molecule has 0 bridgehead atoms. The van der Waals surface area contributed by atoms with E-state index >= 15 is 0 Å². The SMILES string of the molecule is CC1COC(CCl)CN1Cc1cccc(F)c1. The maximum atomic E-state index is 13.1. The van der Waals surface area contributed by atoms with Crippen LogP contribution in [0.5, 0.6) is 0 Å². The number of morpholine rings is 1. The fourth-order valence-corrected chi connectivity index (χ4v) is 2.25. The van der Waals surface area contributed by atoms with E-state index in [2.05, 4.69) is 11.8 Å². The van der Waals surface area contributed by atoms with Crippen LogP contribution in [0, 0.1) is 5.82 Å². The lowest BCUT2D eigenvalue weighted by Crippen LogP contribution is -2.48.